The fourth-order valence-electron chi connectivity index (χ4n) is 3.60. The zero-order chi connectivity index (χ0) is 39.8. The average Bonchev–Trinajstić information content (AvgIpc) is 3.16. The van der Waals surface area contributed by atoms with Crippen molar-refractivity contribution in [3.8, 4) is 42.5 Å². The van der Waals surface area contributed by atoms with Crippen LogP contribution in [0.2, 0.25) is 0 Å². The van der Waals surface area contributed by atoms with Gasteiger partial charge >= 0.3 is 0 Å². The van der Waals surface area contributed by atoms with Gasteiger partial charge in [-0.15, -0.1) is 0 Å². The summed E-state index contributed by atoms with van der Waals surface area (Å²) in [6, 6.07) is 13.7. The number of ether oxygens (including phenoxy) is 6. The Bertz CT molecular complexity index is 1100. The topological polar surface area (TPSA) is 343 Å². The van der Waals surface area contributed by atoms with Crippen LogP contribution in [0.5, 0.6) is 0 Å². The molecule has 0 saturated heterocycles. The maximum atomic E-state index is 9.00. The fraction of sp³-hybridized carbons (Fsp3) is 0.727. The molecular weight excluding hydrogens is 686 g/mol. The molecule has 0 unspecified atom stereocenters. The average molecular weight is 736 g/mol. The molecule has 0 aliphatic carbocycles. The predicted octanol–water partition coefficient (Wildman–Crippen LogP) is -0.847. The smallest absolute Gasteiger partial charge is 0.115 e. The summed E-state index contributed by atoms with van der Waals surface area (Å²) in [6.07, 6.45) is -7.78. The number of aliphatic hydroxyl groups excluding tert-OH is 6. The molecule has 0 radical (unpaired) electrons. The number of rotatable bonds is 28. The van der Waals surface area contributed by atoms with Gasteiger partial charge in [-0.05, 0) is 0 Å². The molecule has 0 amide bonds. The van der Waals surface area contributed by atoms with Gasteiger partial charge in [0.1, 0.15) is 48.8 Å². The van der Waals surface area contributed by atoms with Crippen LogP contribution in [0.1, 0.15) is 38.5 Å². The Morgan fingerprint density at radius 1 is 0.481 bits per heavy atom. The largest absolute Gasteiger partial charge is 0.394 e. The first-order valence-corrected chi connectivity index (χ1v) is 15.9. The molecule has 0 aromatic rings. The van der Waals surface area contributed by atoms with E-state index in [1.54, 1.807) is 6.07 Å². The number of allylic oxidation sites excluding steroid dienone is 1. The molecule has 0 aliphatic heterocycles. The lowest BCUT2D eigenvalue weighted by Gasteiger charge is -2.37. The van der Waals surface area contributed by atoms with Crippen LogP contribution in [0.25, 0.3) is 0 Å². The summed E-state index contributed by atoms with van der Waals surface area (Å²) in [6.45, 7) is 2.20. The van der Waals surface area contributed by atoms with Gasteiger partial charge in [0.25, 0.3) is 0 Å². The minimum absolute atomic E-state index is 0.00262. The molecule has 0 aromatic heterocycles. The Morgan fingerprint density at radius 3 is 1.00 bits per heavy atom. The molecule has 0 aromatic carbocycles. The number of nitrogens with zero attached hydrogens (tertiary/aromatic N) is 7. The van der Waals surface area contributed by atoms with Gasteiger partial charge in [-0.2, -0.15) is 36.8 Å². The van der Waals surface area contributed by atoms with E-state index in [0.29, 0.717) is 0 Å². The SMILES string of the molecule is C=CC#N.N#CCCOC[C@H](OCCC#N)[C@@H](OCCC#N)[C@H](OCCC#N)[C@@H](COCCC#N)OCCC#N.OC[C@@H](O)[C@@H](O)[C@H](O)[C@@H](O)CO. The van der Waals surface area contributed by atoms with E-state index in [1.165, 1.54) is 6.08 Å². The van der Waals surface area contributed by atoms with Crippen molar-refractivity contribution in [2.24, 2.45) is 0 Å². The lowest BCUT2D eigenvalue weighted by atomic mass is 10.0. The molecule has 0 saturated carbocycles. The molecular formula is C33H49N7O12. The first kappa shape index (κ1) is 52.1. The third-order valence-corrected chi connectivity index (χ3v) is 6.08. The highest BCUT2D eigenvalue weighted by molar-refractivity contribution is 4.93. The second-order valence-electron chi connectivity index (χ2n) is 9.90. The second kappa shape index (κ2) is 39.5. The molecule has 0 spiro atoms. The van der Waals surface area contributed by atoms with Crippen LogP contribution in [0.3, 0.4) is 0 Å². The van der Waals surface area contributed by atoms with Crippen LogP contribution < -0.4 is 0 Å². The minimum atomic E-state index is -1.67. The van der Waals surface area contributed by atoms with Crippen LogP contribution in [-0.2, 0) is 28.4 Å². The zero-order valence-corrected chi connectivity index (χ0v) is 29.0. The molecule has 8 atom stereocenters. The van der Waals surface area contributed by atoms with E-state index in [1.807, 2.05) is 36.4 Å². The van der Waals surface area contributed by atoms with Gasteiger partial charge in [0.2, 0.25) is 0 Å². The normalized spacial score (nSPS) is 14.6. The van der Waals surface area contributed by atoms with E-state index in [4.69, 9.17) is 95.9 Å². The Hall–Kier alpha value is -4.31. The van der Waals surface area contributed by atoms with Gasteiger partial charge in [0.15, 0.2) is 0 Å². The van der Waals surface area contributed by atoms with Crippen molar-refractivity contribution in [1.29, 1.82) is 36.8 Å². The number of hydrogen-bond acceptors (Lipinski definition) is 19. The molecule has 19 nitrogen and oxygen atoms in total. The van der Waals surface area contributed by atoms with Gasteiger partial charge < -0.3 is 59.1 Å². The van der Waals surface area contributed by atoms with E-state index < -0.39 is 62.0 Å². The summed E-state index contributed by atoms with van der Waals surface area (Å²) in [4.78, 5) is 0. The minimum Gasteiger partial charge on any atom is -0.394 e. The maximum Gasteiger partial charge on any atom is 0.115 e. The van der Waals surface area contributed by atoms with Gasteiger partial charge in [0, 0.05) is 6.08 Å². The first-order chi connectivity index (χ1) is 25.1. The standard InChI is InChI=1S/C24H32N6O6.C6H14O6.C3H3N/c25-7-1-13-31-19-21(33-15-3-9-27)23(35-17-5-11-29)24(36-18-6-12-30)22(34-16-4-10-28)20-32-14-2-8-26;7-1-3(9)5(11)6(12)4(10)2-8;1-2-3-4/h21-24H,1-6,13-20H2;3-12H,1-2H2;2H,1H2/t21-,22+,23-,24-;3-,4+,5-,6-;/m11./s1. The van der Waals surface area contributed by atoms with Crippen molar-refractivity contribution in [2.45, 2.75) is 87.4 Å². The lowest BCUT2D eigenvalue weighted by molar-refractivity contribution is -0.195. The van der Waals surface area contributed by atoms with Gasteiger partial charge in [0.05, 0.1) is 147 Å². The molecule has 6 N–H and O–H groups in total. The second-order valence-corrected chi connectivity index (χ2v) is 9.90. The van der Waals surface area contributed by atoms with Gasteiger partial charge in [-0.1, -0.05) is 6.58 Å². The highest BCUT2D eigenvalue weighted by atomic mass is 16.6. The molecule has 0 aliphatic rings. The zero-order valence-electron chi connectivity index (χ0n) is 29.0. The van der Waals surface area contributed by atoms with Crippen LogP contribution in [0.15, 0.2) is 12.7 Å². The van der Waals surface area contributed by atoms with E-state index >= 15 is 0 Å². The Morgan fingerprint density at radius 2 is 0.750 bits per heavy atom. The lowest BCUT2D eigenvalue weighted by Crippen LogP contribution is -2.52. The highest BCUT2D eigenvalue weighted by Crippen LogP contribution is 2.21. The third-order valence-electron chi connectivity index (χ3n) is 6.08. The van der Waals surface area contributed by atoms with Crippen LogP contribution in [-0.4, -0.2) is 146 Å². The summed E-state index contributed by atoms with van der Waals surface area (Å²) >= 11 is 0. The summed E-state index contributed by atoms with van der Waals surface area (Å²) in [5, 5.41) is 113. The van der Waals surface area contributed by atoms with Crippen LogP contribution in [0.4, 0.5) is 0 Å². The molecule has 288 valence electrons. The fourth-order valence-corrected chi connectivity index (χ4v) is 3.60. The van der Waals surface area contributed by atoms with E-state index in [0.717, 1.165) is 0 Å². The molecule has 52 heavy (non-hydrogen) atoms. The molecule has 0 heterocycles. The van der Waals surface area contributed by atoms with Crippen LogP contribution >= 0.6 is 0 Å². The van der Waals surface area contributed by atoms with Crippen molar-refractivity contribution >= 4 is 0 Å². The van der Waals surface area contributed by atoms with Crippen LogP contribution in [0, 0.1) is 79.3 Å². The molecule has 19 heteroatoms. The van der Waals surface area contributed by atoms with Gasteiger partial charge in [-0.3, -0.25) is 0 Å². The number of hydrogen-bond donors (Lipinski definition) is 6. The first-order valence-electron chi connectivity index (χ1n) is 15.9. The quantitative estimate of drug-likeness (QED) is 0.0421. The van der Waals surface area contributed by atoms with E-state index in [2.05, 4.69) is 6.58 Å². The van der Waals surface area contributed by atoms with E-state index in [9.17, 15) is 0 Å². The molecule has 0 fully saturated rings. The van der Waals surface area contributed by atoms with Crippen molar-refractivity contribution in [1.82, 2.24) is 0 Å². The van der Waals surface area contributed by atoms with Crippen molar-refractivity contribution in [2.75, 3.05) is 66.1 Å². The highest BCUT2D eigenvalue weighted by Gasteiger charge is 2.38. The van der Waals surface area contributed by atoms with Crippen molar-refractivity contribution < 1.29 is 59.1 Å². The Balaban J connectivity index is -0.00000124. The summed E-state index contributed by atoms with van der Waals surface area (Å²) < 4.78 is 35.0. The maximum absolute atomic E-state index is 9.00. The predicted molar refractivity (Wildman–Crippen MR) is 176 cm³/mol. The van der Waals surface area contributed by atoms with Gasteiger partial charge in [-0.25, -0.2) is 0 Å². The Kier molecular flexibility index (Phi) is 39.5. The molecule has 0 rings (SSSR count). The summed E-state index contributed by atoms with van der Waals surface area (Å²) in [7, 11) is 0. The van der Waals surface area contributed by atoms with E-state index in [-0.39, 0.29) is 91.4 Å². The monoisotopic (exact) mass is 735 g/mol. The molecule has 0 bridgehead atoms. The Labute approximate surface area is 304 Å². The third kappa shape index (κ3) is 28.4. The number of aliphatic hydroxyl groups is 6. The number of nitriles is 7. The summed E-state index contributed by atoms with van der Waals surface area (Å²) in [5.41, 5.74) is 0. The van der Waals surface area contributed by atoms with Crippen molar-refractivity contribution in [3.05, 3.63) is 12.7 Å². The van der Waals surface area contributed by atoms with Crippen molar-refractivity contribution in [3.63, 3.8) is 0 Å². The summed E-state index contributed by atoms with van der Waals surface area (Å²) in [5.74, 6) is 0.